The van der Waals surface area contributed by atoms with Gasteiger partial charge in [0.15, 0.2) is 0 Å². The van der Waals surface area contributed by atoms with Gasteiger partial charge in [0.1, 0.15) is 0 Å². The Morgan fingerprint density at radius 2 is 1.23 bits per heavy atom. The van der Waals surface area contributed by atoms with Crippen LogP contribution in [0.4, 0.5) is 0 Å². The summed E-state index contributed by atoms with van der Waals surface area (Å²) < 4.78 is 5.30. The van der Waals surface area contributed by atoms with Gasteiger partial charge in [-0.15, -0.1) is 0 Å². The molecule has 4 aliphatic carbocycles. The smallest absolute Gasteiger partial charge is 1.00 e. The Bertz CT molecular complexity index is 1820. The summed E-state index contributed by atoms with van der Waals surface area (Å²) in [4.78, 5) is 0. The van der Waals surface area contributed by atoms with Gasteiger partial charge in [0.05, 0.1) is 0 Å². The van der Waals surface area contributed by atoms with Crippen LogP contribution in [0.5, 0.6) is 0 Å². The number of hydrogen-bond acceptors (Lipinski definition) is 0. The predicted molar refractivity (Wildman–Crippen MR) is 196 cm³/mol. The van der Waals surface area contributed by atoms with Crippen molar-refractivity contribution >= 4 is 14.4 Å². The van der Waals surface area contributed by atoms with Crippen molar-refractivity contribution in [2.75, 3.05) is 0 Å². The second kappa shape index (κ2) is 11.9. The number of allylic oxidation sites excluding steroid dienone is 8. The topological polar surface area (TPSA) is 0 Å². The van der Waals surface area contributed by atoms with Crippen LogP contribution in [-0.4, -0.2) is 3.21 Å². The number of rotatable bonds is 2. The molecule has 2 aromatic rings. The van der Waals surface area contributed by atoms with E-state index in [1.54, 1.807) is 17.6 Å². The molecular weight excluding hydrogens is 691 g/mol. The van der Waals surface area contributed by atoms with Gasteiger partial charge in [-0.25, -0.2) is 0 Å². The zero-order valence-electron chi connectivity index (χ0n) is 32.1. The first-order valence-corrected chi connectivity index (χ1v) is 21.1. The van der Waals surface area contributed by atoms with Crippen molar-refractivity contribution in [1.29, 1.82) is 0 Å². The van der Waals surface area contributed by atoms with Gasteiger partial charge in [0.2, 0.25) is 0 Å². The molecule has 4 aliphatic rings. The van der Waals surface area contributed by atoms with Crippen molar-refractivity contribution in [1.82, 2.24) is 0 Å². The fraction of sp³-hybridized carbons (Fsp3) is 0.523. The van der Waals surface area contributed by atoms with Crippen LogP contribution in [-0.2, 0) is 38.5 Å². The fourth-order valence-corrected chi connectivity index (χ4v) is 18.0. The summed E-state index contributed by atoms with van der Waals surface area (Å²) in [7, 11) is 0. The molecule has 0 heterocycles. The molecule has 0 spiro atoms. The van der Waals surface area contributed by atoms with Crippen LogP contribution in [0.15, 0.2) is 54.6 Å². The summed E-state index contributed by atoms with van der Waals surface area (Å²) in [5.41, 5.74) is 17.3. The molecule has 1 atom stereocenters. The van der Waals surface area contributed by atoms with Gasteiger partial charge in [-0.2, -0.15) is 0 Å². The molecular formula is C44H58Cl2Zr. The Kier molecular flexibility index (Phi) is 9.77. The van der Waals surface area contributed by atoms with E-state index in [1.807, 2.05) is 3.28 Å². The van der Waals surface area contributed by atoms with Crippen molar-refractivity contribution in [3.63, 3.8) is 0 Å². The maximum atomic E-state index is 2.65. The third-order valence-corrected chi connectivity index (χ3v) is 19.9. The van der Waals surface area contributed by atoms with Crippen LogP contribution in [0.3, 0.4) is 0 Å². The molecule has 2 aromatic carbocycles. The summed E-state index contributed by atoms with van der Waals surface area (Å²) in [6, 6.07) is 10.4. The maximum absolute atomic E-state index is 2.65. The number of fused-ring (bicyclic) bond motifs is 5. The third-order valence-electron chi connectivity index (χ3n) is 11.2. The van der Waals surface area contributed by atoms with Crippen LogP contribution >= 0.6 is 0 Å². The minimum absolute atomic E-state index is 0. The standard InChI is InChI=1S/C31H37.C10H15.C3H6.2ClH.Zr/c1-28(2,3)26-16-30(7,8)24-12-18-11-19-13-25-23(15-21(19)20(18)14-22(24)26)27(29(4,5)6)17-31(25,9)10;1-8-5-6-9(7-8)10(2,3)4;1-3-2;;;/h12-16H,11H2,1-10H3;6-8H,1-4H3;1-2H3;2*1H;/q;;;;;+2/p-2. The van der Waals surface area contributed by atoms with Gasteiger partial charge in [0.25, 0.3) is 0 Å². The molecule has 0 N–H and O–H groups in total. The zero-order valence-corrected chi connectivity index (χ0v) is 36.1. The summed E-state index contributed by atoms with van der Waals surface area (Å²) in [5, 5.41) is 0. The van der Waals surface area contributed by atoms with Crippen LogP contribution < -0.4 is 24.8 Å². The molecule has 0 aliphatic heterocycles. The van der Waals surface area contributed by atoms with E-state index in [0.29, 0.717) is 5.92 Å². The maximum Gasteiger partial charge on any atom is -1.00 e. The van der Waals surface area contributed by atoms with Crippen molar-refractivity contribution < 1.29 is 46.1 Å². The van der Waals surface area contributed by atoms with E-state index >= 15 is 0 Å². The molecule has 0 saturated carbocycles. The summed E-state index contributed by atoms with van der Waals surface area (Å²) >= 11 is -2.40. The first-order valence-electron chi connectivity index (χ1n) is 17.4. The monoisotopic (exact) mass is 746 g/mol. The Labute approximate surface area is 307 Å². The molecule has 3 heteroatoms. The van der Waals surface area contributed by atoms with Gasteiger partial charge in [-0.05, 0) is 0 Å². The van der Waals surface area contributed by atoms with Crippen LogP contribution in [0.25, 0.3) is 22.3 Å². The SMILES string of the molecule is C[C](C)=[Zr+2]([C]1=CC(C(C)(C)C)=CC1C)[C]1=C(C(C)(C)C)c2cc3c(cc2C1(C)C)Cc1cc2c(cc1-3)C(C(C)(C)C)=CC2(C)C.[Cl-].[Cl-]. The van der Waals surface area contributed by atoms with Crippen molar-refractivity contribution in [3.05, 3.63) is 88.0 Å². The Morgan fingerprint density at radius 3 is 1.70 bits per heavy atom. The van der Waals surface area contributed by atoms with Crippen LogP contribution in [0.1, 0.15) is 144 Å². The normalized spacial score (nSPS) is 20.1. The molecule has 6 rings (SSSR count). The first kappa shape index (κ1) is 38.5. The summed E-state index contributed by atoms with van der Waals surface area (Å²) in [6.45, 7) is 39.0. The minimum atomic E-state index is -2.40. The molecule has 0 radical (unpaired) electrons. The molecule has 252 valence electrons. The van der Waals surface area contributed by atoms with E-state index in [9.17, 15) is 0 Å². The molecule has 0 bridgehead atoms. The van der Waals surface area contributed by atoms with E-state index in [4.69, 9.17) is 0 Å². The minimum Gasteiger partial charge on any atom is -1.00 e. The Hall–Kier alpha value is -1.27. The molecule has 1 unspecified atom stereocenters. The quantitative estimate of drug-likeness (QED) is 0.286. The molecule has 0 aromatic heterocycles. The fourth-order valence-electron chi connectivity index (χ4n) is 8.86. The molecule has 0 saturated heterocycles. The average molecular weight is 749 g/mol. The summed E-state index contributed by atoms with van der Waals surface area (Å²) in [5.74, 6) is 0.532. The molecule has 47 heavy (non-hydrogen) atoms. The Morgan fingerprint density at radius 1 is 0.702 bits per heavy atom. The molecule has 0 nitrogen and oxygen atoms in total. The van der Waals surface area contributed by atoms with E-state index < -0.39 is 21.3 Å². The summed E-state index contributed by atoms with van der Waals surface area (Å²) in [6.07, 6.45) is 8.82. The average Bonchev–Trinajstić information content (AvgIpc) is 3.56. The van der Waals surface area contributed by atoms with Crippen molar-refractivity contribution in [2.45, 2.75) is 128 Å². The van der Waals surface area contributed by atoms with E-state index in [2.05, 4.69) is 153 Å². The van der Waals surface area contributed by atoms with Gasteiger partial charge in [-0.1, -0.05) is 0 Å². The van der Waals surface area contributed by atoms with E-state index in [-0.39, 0.29) is 51.9 Å². The largest absolute Gasteiger partial charge is 1.00 e. The van der Waals surface area contributed by atoms with Gasteiger partial charge in [0, 0.05) is 0 Å². The van der Waals surface area contributed by atoms with Gasteiger partial charge in [-0.3, -0.25) is 0 Å². The predicted octanol–water partition coefficient (Wildman–Crippen LogP) is 6.37. The van der Waals surface area contributed by atoms with Gasteiger partial charge >= 0.3 is 285 Å². The second-order valence-corrected chi connectivity index (χ2v) is 26.0. The number of hydrogen-bond donors (Lipinski definition) is 0. The third kappa shape index (κ3) is 6.10. The molecule has 0 amide bonds. The second-order valence-electron chi connectivity index (χ2n) is 19.1. The van der Waals surface area contributed by atoms with Crippen LogP contribution in [0.2, 0.25) is 0 Å². The number of halogens is 2. The van der Waals surface area contributed by atoms with Crippen LogP contribution in [0, 0.1) is 22.2 Å². The molecule has 0 fully saturated rings. The van der Waals surface area contributed by atoms with Crippen molar-refractivity contribution in [2.24, 2.45) is 22.2 Å². The number of benzene rings is 2. The van der Waals surface area contributed by atoms with E-state index in [1.165, 1.54) is 50.1 Å². The van der Waals surface area contributed by atoms with Crippen molar-refractivity contribution in [3.8, 4) is 11.1 Å². The van der Waals surface area contributed by atoms with E-state index in [0.717, 1.165) is 6.42 Å². The Balaban J connectivity index is 0.00000250. The van der Waals surface area contributed by atoms with Gasteiger partial charge < -0.3 is 24.8 Å². The zero-order chi connectivity index (χ0) is 33.4. The first-order chi connectivity index (χ1) is 20.4.